The topological polar surface area (TPSA) is 222 Å². The number of nitrogens with zero attached hydrogens (tertiary/aromatic N) is 5. The van der Waals surface area contributed by atoms with Crippen molar-refractivity contribution in [2.45, 2.75) is 115 Å². The first-order chi connectivity index (χ1) is 30.3. The Morgan fingerprint density at radius 2 is 1.88 bits per heavy atom. The van der Waals surface area contributed by atoms with E-state index in [4.69, 9.17) is 24.2 Å². The van der Waals surface area contributed by atoms with E-state index in [0.29, 0.717) is 59.6 Å². The van der Waals surface area contributed by atoms with Gasteiger partial charge in [-0.2, -0.15) is 17.0 Å². The number of hydrogen-bond acceptors (Lipinski definition) is 13. The number of hydrogen-bond donors (Lipinski definition) is 4. The van der Waals surface area contributed by atoms with Gasteiger partial charge in [-0.05, 0) is 51.7 Å². The highest BCUT2D eigenvalue weighted by Crippen LogP contribution is 2.46. The summed E-state index contributed by atoms with van der Waals surface area (Å²) in [5.74, 6) is -1.75. The Hall–Kier alpha value is -5.05. The molecule has 4 N–H and O–H groups in total. The Morgan fingerprint density at radius 1 is 1.09 bits per heavy atom. The van der Waals surface area contributed by atoms with E-state index in [-0.39, 0.29) is 44.9 Å². The van der Waals surface area contributed by atoms with Gasteiger partial charge in [0.1, 0.15) is 47.0 Å². The summed E-state index contributed by atoms with van der Waals surface area (Å²) < 4.78 is 46.7. The largest absolute Gasteiger partial charge is 0.497 e. The summed E-state index contributed by atoms with van der Waals surface area (Å²) in [5, 5.41) is 22.5. The summed E-state index contributed by atoms with van der Waals surface area (Å²) in [4.78, 5) is 66.9. The number of carboxylic acids is 1. The van der Waals surface area contributed by atoms with Crippen molar-refractivity contribution in [3.63, 3.8) is 0 Å². The molecule has 0 radical (unpaired) electrons. The van der Waals surface area contributed by atoms with Crippen LogP contribution < -0.4 is 25.4 Å². The molecule has 1 saturated carbocycles. The molecule has 7 rings (SSSR count). The van der Waals surface area contributed by atoms with E-state index in [0.717, 1.165) is 11.6 Å². The van der Waals surface area contributed by atoms with Gasteiger partial charge in [0.2, 0.25) is 11.8 Å². The number of aromatic nitrogens is 2. The van der Waals surface area contributed by atoms with Crippen molar-refractivity contribution in [1.82, 2.24) is 34.1 Å². The monoisotopic (exact) mass is 924 g/mol. The van der Waals surface area contributed by atoms with E-state index in [1.165, 1.54) is 31.9 Å². The van der Waals surface area contributed by atoms with Crippen LogP contribution in [0.2, 0.25) is 0 Å². The lowest BCUT2D eigenvalue weighted by molar-refractivity contribution is -0.145. The summed E-state index contributed by atoms with van der Waals surface area (Å²) in [5.41, 5.74) is -0.471. The van der Waals surface area contributed by atoms with E-state index < -0.39 is 75.2 Å². The van der Waals surface area contributed by atoms with Crippen LogP contribution in [0.5, 0.6) is 11.5 Å². The number of pyridine rings is 1. The molecule has 0 spiro atoms. The second-order valence-electron chi connectivity index (χ2n) is 18.5. The molecular formula is C44H60N8O10S2. The summed E-state index contributed by atoms with van der Waals surface area (Å²) in [6.07, 6.45) is 4.43. The number of carbonyl (C=O) groups is 4. The highest BCUT2D eigenvalue weighted by Gasteiger charge is 2.61. The van der Waals surface area contributed by atoms with Gasteiger partial charge in [0.05, 0.1) is 31.4 Å². The number of alkyl carbamates (subject to hydrolysis) is 1. The smallest absolute Gasteiger partial charge is 0.408 e. The molecule has 64 heavy (non-hydrogen) atoms. The van der Waals surface area contributed by atoms with Gasteiger partial charge in [0.15, 0.2) is 5.13 Å². The number of thiazole rings is 1. The molecule has 5 heterocycles. The summed E-state index contributed by atoms with van der Waals surface area (Å²) in [6, 6.07) is 5.05. The van der Waals surface area contributed by atoms with E-state index in [2.05, 4.69) is 16.0 Å². The summed E-state index contributed by atoms with van der Waals surface area (Å²) in [6.45, 7) is 9.97. The minimum atomic E-state index is -3.72. The fourth-order valence-electron chi connectivity index (χ4n) is 8.41. The van der Waals surface area contributed by atoms with Crippen LogP contribution in [0.1, 0.15) is 79.6 Å². The third kappa shape index (κ3) is 10.2. The molecule has 1 unspecified atom stereocenters. The fourth-order valence-corrected chi connectivity index (χ4v) is 10.6. The van der Waals surface area contributed by atoms with Crippen molar-refractivity contribution in [3.8, 4) is 22.9 Å². The number of allylic oxidation sites excluding steroid dienone is 1. The Bertz CT molecular complexity index is 2390. The molecule has 6 atom stereocenters. The molecule has 3 aromatic rings. The van der Waals surface area contributed by atoms with Crippen LogP contribution in [0.15, 0.2) is 41.8 Å². The van der Waals surface area contributed by atoms with Gasteiger partial charge in [-0.3, -0.25) is 9.59 Å². The molecule has 3 fully saturated rings. The number of amides is 3. The number of anilines is 1. The molecule has 20 heteroatoms. The number of carboxylic acid groups (broad SMARTS) is 1. The molecule has 2 saturated heterocycles. The number of methoxy groups -OCH3 is 1. The zero-order valence-electron chi connectivity index (χ0n) is 37.5. The molecule has 1 aliphatic carbocycles. The van der Waals surface area contributed by atoms with E-state index in [1.807, 2.05) is 58.2 Å². The minimum absolute atomic E-state index is 0.0181. The number of nitrogens with one attached hydrogen (secondary N) is 3. The number of rotatable bonds is 11. The van der Waals surface area contributed by atoms with Gasteiger partial charge in [-0.25, -0.2) is 19.6 Å². The van der Waals surface area contributed by atoms with Gasteiger partial charge in [0.25, 0.3) is 10.2 Å². The van der Waals surface area contributed by atoms with Gasteiger partial charge < -0.3 is 40.2 Å². The number of carbonyl (C=O) groups excluding carboxylic acids is 3. The predicted molar refractivity (Wildman–Crippen MR) is 241 cm³/mol. The van der Waals surface area contributed by atoms with E-state index in [9.17, 15) is 32.7 Å². The van der Waals surface area contributed by atoms with Gasteiger partial charge in [-0.1, -0.05) is 45.8 Å². The van der Waals surface area contributed by atoms with Crippen molar-refractivity contribution in [2.75, 3.05) is 45.7 Å². The number of aliphatic carboxylic acids is 1. The van der Waals surface area contributed by atoms with Crippen LogP contribution in [-0.4, -0.2) is 137 Å². The summed E-state index contributed by atoms with van der Waals surface area (Å²) in [7, 11) is -0.666. The average Bonchev–Trinajstić information content (AvgIpc) is 3.46. The number of ether oxygens (including phenoxy) is 3. The van der Waals surface area contributed by atoms with Crippen LogP contribution in [0.4, 0.5) is 9.93 Å². The third-order valence-electron chi connectivity index (χ3n) is 12.3. The molecule has 1 aromatic carbocycles. The molecule has 4 aliphatic rings. The zero-order valence-corrected chi connectivity index (χ0v) is 39.1. The lowest BCUT2D eigenvalue weighted by Crippen LogP contribution is -2.56. The van der Waals surface area contributed by atoms with Crippen LogP contribution >= 0.6 is 11.3 Å². The lowest BCUT2D eigenvalue weighted by atomic mass is 9.89. The second kappa shape index (κ2) is 18.8. The van der Waals surface area contributed by atoms with Crippen molar-refractivity contribution in [1.29, 1.82) is 0 Å². The van der Waals surface area contributed by atoms with E-state index >= 15 is 0 Å². The number of likely N-dealkylation sites (N-methyl/N-ethyl adjacent to an activating group) is 1. The molecule has 348 valence electrons. The predicted octanol–water partition coefficient (Wildman–Crippen LogP) is 5.02. The first-order valence-electron chi connectivity index (χ1n) is 21.9. The number of fused-ring (bicyclic) bond motifs is 3. The normalized spacial score (nSPS) is 26.0. The Balaban J connectivity index is 1.19. The van der Waals surface area contributed by atoms with Gasteiger partial charge in [0, 0.05) is 66.8 Å². The Labute approximate surface area is 378 Å². The van der Waals surface area contributed by atoms with Crippen LogP contribution in [0, 0.1) is 11.3 Å². The maximum absolute atomic E-state index is 14.9. The molecule has 3 amide bonds. The maximum atomic E-state index is 14.9. The zero-order chi connectivity index (χ0) is 46.1. The Kier molecular flexibility index (Phi) is 13.8. The highest BCUT2D eigenvalue weighted by molar-refractivity contribution is 7.87. The molecule has 18 nitrogen and oxygen atoms in total. The summed E-state index contributed by atoms with van der Waals surface area (Å²) >= 11 is 1.44. The first kappa shape index (κ1) is 46.9. The number of benzene rings is 1. The Morgan fingerprint density at radius 3 is 2.56 bits per heavy atom. The van der Waals surface area contributed by atoms with Crippen molar-refractivity contribution >= 4 is 61.5 Å². The standard InChI is InChI=1S/C44H60N8O10S2/c1-26(2)45-41-47-34(25-63-41)33-21-36(30-16-15-28(60-7)19-32(30)46-33)61-29-20-35-38(53)49-44(40(55)56)22-27(44)13-11-9-8-10-12-14-31(39(54)52(35)23-29)48-42(57)62-37(43(3,4)5)24-51-18-17-50(6)64(51,58)59/h11,13,15-16,19,21,25-27,29,31,35,37H,8-10,12,14,17-18,20,22-24H2,1-7H3,(H,45,47)(H,48,57)(H,49,53)(H,55,56)/t27?,29-,31+,35+,37-,44-/m1/s1. The van der Waals surface area contributed by atoms with Gasteiger partial charge in [-0.15, -0.1) is 11.3 Å². The lowest BCUT2D eigenvalue weighted by Gasteiger charge is -2.34. The van der Waals surface area contributed by atoms with Crippen LogP contribution in [0.3, 0.4) is 0 Å². The van der Waals surface area contributed by atoms with Crippen molar-refractivity contribution < 1.29 is 46.9 Å². The van der Waals surface area contributed by atoms with Crippen LogP contribution in [0.25, 0.3) is 22.3 Å². The first-order valence-corrected chi connectivity index (χ1v) is 24.2. The van der Waals surface area contributed by atoms with Crippen LogP contribution in [-0.2, 0) is 29.3 Å². The van der Waals surface area contributed by atoms with Crippen molar-refractivity contribution in [3.05, 3.63) is 41.8 Å². The minimum Gasteiger partial charge on any atom is -0.497 e. The van der Waals surface area contributed by atoms with Gasteiger partial charge >= 0.3 is 12.1 Å². The maximum Gasteiger partial charge on any atom is 0.408 e. The van der Waals surface area contributed by atoms with Crippen molar-refractivity contribution in [2.24, 2.45) is 11.3 Å². The molecule has 3 aliphatic heterocycles. The fraction of sp³-hybridized carbons (Fsp3) is 0.591. The molecular weight excluding hydrogens is 865 g/mol. The SMILES string of the molecule is COc1ccc2c(O[C@@H]3C[C@H]4C(=O)N[C@]5(C(=O)O)CC5C=CCCCCC[C@H](NC(=O)O[C@H](CN5CCN(C)S5(=O)=O)C(C)(C)C)C(=O)N4C3)cc(-c3csc(NC(C)C)n3)nc2c1. The second-order valence-corrected chi connectivity index (χ2v) is 21.4. The highest BCUT2D eigenvalue weighted by atomic mass is 32.2. The third-order valence-corrected chi connectivity index (χ3v) is 15.1. The molecule has 2 aromatic heterocycles. The average molecular weight is 925 g/mol. The quantitative estimate of drug-likeness (QED) is 0.186. The van der Waals surface area contributed by atoms with E-state index in [1.54, 1.807) is 25.3 Å². The molecule has 0 bridgehead atoms.